The third-order valence-electron chi connectivity index (χ3n) is 4.05. The molecule has 1 aromatic rings. The molecule has 0 aromatic heterocycles. The van der Waals surface area contributed by atoms with Crippen LogP contribution >= 0.6 is 0 Å². The summed E-state index contributed by atoms with van der Waals surface area (Å²) in [5.41, 5.74) is 0.315. The second-order valence-corrected chi connectivity index (χ2v) is 5.67. The molecule has 2 aliphatic rings. The van der Waals surface area contributed by atoms with Crippen molar-refractivity contribution in [2.24, 2.45) is 0 Å². The zero-order chi connectivity index (χ0) is 16.6. The van der Waals surface area contributed by atoms with E-state index in [2.05, 4.69) is 0 Å². The van der Waals surface area contributed by atoms with E-state index in [0.29, 0.717) is 12.0 Å². The summed E-state index contributed by atoms with van der Waals surface area (Å²) in [7, 11) is -1.05. The molecule has 8 heteroatoms. The monoisotopic (exact) mass is 322 g/mol. The molecule has 1 saturated carbocycles. The Hall–Kier alpha value is -2.09. The van der Waals surface area contributed by atoms with Crippen molar-refractivity contribution in [3.63, 3.8) is 0 Å². The zero-order valence-electron chi connectivity index (χ0n) is 12.6. The maximum absolute atomic E-state index is 14.0. The Morgan fingerprint density at radius 1 is 1.43 bits per heavy atom. The Kier molecular flexibility index (Phi) is 4.25. The van der Waals surface area contributed by atoms with E-state index >= 15 is 0 Å². The number of carbonyl (C=O) groups is 2. The van der Waals surface area contributed by atoms with Gasteiger partial charge < -0.3 is 19.2 Å². The predicted molar refractivity (Wildman–Crippen MR) is 77.4 cm³/mol. The van der Waals surface area contributed by atoms with E-state index in [1.54, 1.807) is 6.07 Å². The van der Waals surface area contributed by atoms with Gasteiger partial charge in [-0.25, -0.2) is 9.18 Å². The molecule has 0 unspecified atom stereocenters. The first kappa shape index (κ1) is 15.8. The van der Waals surface area contributed by atoms with E-state index in [0.717, 1.165) is 6.42 Å². The first-order valence-electron chi connectivity index (χ1n) is 7.52. The highest BCUT2D eigenvalue weighted by molar-refractivity contribution is 6.48. The average molecular weight is 322 g/mol. The molecule has 0 bridgehead atoms. The van der Waals surface area contributed by atoms with Gasteiger partial charge in [0, 0.05) is 12.2 Å². The maximum Gasteiger partial charge on any atom is 0.526 e. The fourth-order valence-electron chi connectivity index (χ4n) is 2.78. The molecule has 3 rings (SSSR count). The molecule has 1 fully saturated rings. The van der Waals surface area contributed by atoms with Crippen LogP contribution in [0.3, 0.4) is 0 Å². The molecular formula is C15H16BFO6. The Morgan fingerprint density at radius 3 is 2.96 bits per heavy atom. The quantitative estimate of drug-likeness (QED) is 0.507. The van der Waals surface area contributed by atoms with Crippen LogP contribution in [0, 0.1) is 5.82 Å². The summed E-state index contributed by atoms with van der Waals surface area (Å²) in [4.78, 5) is 23.3. The van der Waals surface area contributed by atoms with Gasteiger partial charge in [-0.15, -0.1) is 0 Å². The van der Waals surface area contributed by atoms with E-state index in [-0.39, 0.29) is 29.5 Å². The lowest BCUT2D eigenvalue weighted by Crippen LogP contribution is -2.28. The average Bonchev–Trinajstić information content (AvgIpc) is 3.28. The first-order chi connectivity index (χ1) is 11.0. The molecule has 1 aromatic carbocycles. The normalized spacial score (nSPS) is 20.9. The zero-order valence-corrected chi connectivity index (χ0v) is 12.6. The van der Waals surface area contributed by atoms with E-state index < -0.39 is 31.7 Å². The van der Waals surface area contributed by atoms with Crippen LogP contribution in [0.25, 0.3) is 0 Å². The minimum Gasteiger partial charge on any atom is -0.535 e. The van der Waals surface area contributed by atoms with Crippen molar-refractivity contribution in [3.05, 3.63) is 29.1 Å². The van der Waals surface area contributed by atoms with Crippen LogP contribution in [0.1, 0.15) is 48.0 Å². The Labute approximate surface area is 132 Å². The summed E-state index contributed by atoms with van der Waals surface area (Å²) in [6.07, 6.45) is 1.57. The summed E-state index contributed by atoms with van der Waals surface area (Å²) in [6.45, 7) is 1.22. The van der Waals surface area contributed by atoms with Gasteiger partial charge in [-0.2, -0.15) is 0 Å². The van der Waals surface area contributed by atoms with Crippen LogP contribution < -0.4 is 4.65 Å². The first-order valence-corrected chi connectivity index (χ1v) is 7.52. The van der Waals surface area contributed by atoms with Crippen molar-refractivity contribution in [2.45, 2.75) is 37.9 Å². The minimum absolute atomic E-state index is 0.00756. The lowest BCUT2D eigenvalue weighted by molar-refractivity contribution is -0.152. The number of hydrogen-bond donors (Lipinski definition) is 1. The molecular weight excluding hydrogens is 306 g/mol. The van der Waals surface area contributed by atoms with E-state index in [4.69, 9.17) is 14.1 Å². The lowest BCUT2D eigenvalue weighted by atomic mass is 9.77. The van der Waals surface area contributed by atoms with Crippen molar-refractivity contribution in [1.82, 2.24) is 0 Å². The molecule has 1 aliphatic heterocycles. The molecule has 1 N–H and O–H groups in total. The Balaban J connectivity index is 1.73. The van der Waals surface area contributed by atoms with Crippen LogP contribution in [0.4, 0.5) is 4.39 Å². The van der Waals surface area contributed by atoms with Crippen LogP contribution in [-0.4, -0.2) is 30.9 Å². The highest BCUT2D eigenvalue weighted by Crippen LogP contribution is 2.60. The predicted octanol–water partition coefficient (Wildman–Crippen LogP) is 2.01. The van der Waals surface area contributed by atoms with E-state index in [1.807, 2.05) is 6.92 Å². The molecule has 1 aliphatic carbocycles. The second-order valence-electron chi connectivity index (χ2n) is 5.67. The minimum atomic E-state index is -1.05. The third kappa shape index (κ3) is 3.03. The molecule has 1 heterocycles. The van der Waals surface area contributed by atoms with Gasteiger partial charge in [0.1, 0.15) is 17.1 Å². The molecule has 0 amide bonds. The van der Waals surface area contributed by atoms with Gasteiger partial charge in [-0.1, -0.05) is 13.0 Å². The van der Waals surface area contributed by atoms with Gasteiger partial charge in [-0.05, 0) is 30.4 Å². The highest BCUT2D eigenvalue weighted by atomic mass is 19.1. The molecule has 6 nitrogen and oxygen atoms in total. The Bertz CT molecular complexity index is 649. The van der Waals surface area contributed by atoms with E-state index in [1.165, 1.54) is 6.07 Å². The SMILES string of the molecule is CCCC(=O)OCOC(=O)c1c(F)ccc2c1OB(O)[C@@H]1C[C@H]21. The van der Waals surface area contributed by atoms with Crippen molar-refractivity contribution in [1.29, 1.82) is 0 Å². The summed E-state index contributed by atoms with van der Waals surface area (Å²) in [5, 5.41) is 9.81. The number of carbonyl (C=O) groups excluding carboxylic acids is 2. The fraction of sp³-hybridized carbons (Fsp3) is 0.467. The third-order valence-corrected chi connectivity index (χ3v) is 4.05. The van der Waals surface area contributed by atoms with Crippen molar-refractivity contribution < 1.29 is 33.1 Å². The van der Waals surface area contributed by atoms with Crippen LogP contribution in [0.2, 0.25) is 5.82 Å². The van der Waals surface area contributed by atoms with Crippen molar-refractivity contribution in [2.75, 3.05) is 6.79 Å². The lowest BCUT2D eigenvalue weighted by Gasteiger charge is -2.21. The van der Waals surface area contributed by atoms with Gasteiger partial charge in [0.05, 0.1) is 0 Å². The number of halogens is 1. The Morgan fingerprint density at radius 2 is 2.22 bits per heavy atom. The van der Waals surface area contributed by atoms with Crippen molar-refractivity contribution >= 4 is 19.1 Å². The molecule has 0 saturated heterocycles. The molecule has 122 valence electrons. The molecule has 23 heavy (non-hydrogen) atoms. The van der Waals surface area contributed by atoms with Gasteiger partial charge in [0.25, 0.3) is 0 Å². The number of fused-ring (bicyclic) bond motifs is 3. The number of rotatable bonds is 5. The standard InChI is InChI=1S/C15H16BFO6/c1-2-3-12(18)21-7-22-15(19)13-11(17)5-4-8-9-6-10(9)16(20)23-14(8)13/h4-5,9-10,20H,2-3,6-7H2,1H3/t9-,10-/m1/s1. The van der Waals surface area contributed by atoms with Gasteiger partial charge in [0.2, 0.25) is 6.79 Å². The highest BCUT2D eigenvalue weighted by Gasteiger charge is 2.54. The van der Waals surface area contributed by atoms with Gasteiger partial charge >= 0.3 is 19.1 Å². The van der Waals surface area contributed by atoms with Crippen molar-refractivity contribution in [3.8, 4) is 5.75 Å². The van der Waals surface area contributed by atoms with Crippen LogP contribution in [0.15, 0.2) is 12.1 Å². The van der Waals surface area contributed by atoms with Crippen LogP contribution in [-0.2, 0) is 14.3 Å². The molecule has 0 radical (unpaired) electrons. The summed E-state index contributed by atoms with van der Waals surface area (Å²) in [6, 6.07) is 2.73. The summed E-state index contributed by atoms with van der Waals surface area (Å²) in [5.74, 6) is -2.21. The summed E-state index contributed by atoms with van der Waals surface area (Å²) >= 11 is 0. The number of hydrogen-bond acceptors (Lipinski definition) is 6. The topological polar surface area (TPSA) is 82.1 Å². The number of esters is 2. The van der Waals surface area contributed by atoms with Gasteiger partial charge in [-0.3, -0.25) is 4.79 Å². The maximum atomic E-state index is 14.0. The van der Waals surface area contributed by atoms with Gasteiger partial charge in [0.15, 0.2) is 0 Å². The van der Waals surface area contributed by atoms with Crippen LogP contribution in [0.5, 0.6) is 5.75 Å². The smallest absolute Gasteiger partial charge is 0.526 e. The second kappa shape index (κ2) is 6.19. The molecule has 0 spiro atoms. The number of ether oxygens (including phenoxy) is 2. The number of benzene rings is 1. The largest absolute Gasteiger partial charge is 0.535 e. The fourth-order valence-corrected chi connectivity index (χ4v) is 2.78. The summed E-state index contributed by atoms with van der Waals surface area (Å²) < 4.78 is 28.8. The van der Waals surface area contributed by atoms with E-state index in [9.17, 15) is 19.0 Å². The molecule has 2 atom stereocenters.